The number of aromatic hydroxyl groups is 1. The molecule has 0 unspecified atom stereocenters. The summed E-state index contributed by atoms with van der Waals surface area (Å²) in [5.41, 5.74) is 0.304. The average Bonchev–Trinajstić information content (AvgIpc) is 3.06. The smallest absolute Gasteiger partial charge is 0.238 e. The van der Waals surface area contributed by atoms with E-state index in [1.165, 1.54) is 11.0 Å². The number of nitrogens with zero attached hydrogens (tertiary/aromatic N) is 1. The predicted octanol–water partition coefficient (Wildman–Crippen LogP) is 2.67. The maximum atomic E-state index is 12.7. The Labute approximate surface area is 138 Å². The molecule has 1 N–H and O–H groups in total. The number of hydrogen-bond donors (Lipinski definition) is 1. The largest absolute Gasteiger partial charge is 0.506 e. The number of phenols is 1. The molecule has 1 aromatic rings. The normalized spacial score (nSPS) is 41.0. The first-order chi connectivity index (χ1) is 10.0. The number of hydrogen-bond acceptors (Lipinski definition) is 3. The van der Waals surface area contributed by atoms with E-state index in [0.717, 1.165) is 6.42 Å². The van der Waals surface area contributed by atoms with Crippen molar-refractivity contribution in [2.45, 2.75) is 16.1 Å². The van der Waals surface area contributed by atoms with Gasteiger partial charge in [0.15, 0.2) is 0 Å². The van der Waals surface area contributed by atoms with Crippen molar-refractivity contribution in [3.8, 4) is 5.75 Å². The molecular formula is C15H13Br2NO3. The molecular weight excluding hydrogens is 402 g/mol. The van der Waals surface area contributed by atoms with Gasteiger partial charge >= 0.3 is 0 Å². The van der Waals surface area contributed by atoms with Crippen molar-refractivity contribution in [1.29, 1.82) is 0 Å². The molecule has 0 spiro atoms. The van der Waals surface area contributed by atoms with Gasteiger partial charge in [-0.05, 0) is 30.4 Å². The van der Waals surface area contributed by atoms with Crippen molar-refractivity contribution in [3.63, 3.8) is 0 Å². The van der Waals surface area contributed by atoms with Crippen molar-refractivity contribution in [2.24, 2.45) is 23.7 Å². The van der Waals surface area contributed by atoms with Crippen LogP contribution in [0.3, 0.4) is 0 Å². The van der Waals surface area contributed by atoms with Crippen LogP contribution in [0.25, 0.3) is 0 Å². The third kappa shape index (κ3) is 1.66. The molecule has 0 radical (unpaired) electrons. The number of carbonyl (C=O) groups is 2. The number of para-hydroxylation sites is 2. The Morgan fingerprint density at radius 1 is 1.00 bits per heavy atom. The first-order valence-corrected chi connectivity index (χ1v) is 8.79. The van der Waals surface area contributed by atoms with E-state index in [9.17, 15) is 14.7 Å². The number of amides is 2. The molecule has 3 fully saturated rings. The fraction of sp³-hybridized carbons (Fsp3) is 0.467. The zero-order valence-electron chi connectivity index (χ0n) is 10.9. The maximum Gasteiger partial charge on any atom is 0.238 e. The molecule has 2 aliphatic carbocycles. The highest BCUT2D eigenvalue weighted by molar-refractivity contribution is 9.12. The van der Waals surface area contributed by atoms with Crippen LogP contribution in [-0.4, -0.2) is 26.6 Å². The van der Waals surface area contributed by atoms with E-state index in [2.05, 4.69) is 31.9 Å². The molecule has 1 aromatic carbocycles. The van der Waals surface area contributed by atoms with Crippen molar-refractivity contribution >= 4 is 49.4 Å². The van der Waals surface area contributed by atoms with Crippen LogP contribution in [0, 0.1) is 23.7 Å². The number of anilines is 1. The van der Waals surface area contributed by atoms with Crippen LogP contribution in [0.1, 0.15) is 6.42 Å². The molecule has 4 rings (SSSR count). The summed E-state index contributed by atoms with van der Waals surface area (Å²) in [5, 5.41) is 9.96. The quantitative estimate of drug-likeness (QED) is 0.567. The summed E-state index contributed by atoms with van der Waals surface area (Å²) in [7, 11) is 0. The van der Waals surface area contributed by atoms with Gasteiger partial charge in [0, 0.05) is 9.65 Å². The third-order valence-electron chi connectivity index (χ3n) is 5.11. The van der Waals surface area contributed by atoms with E-state index < -0.39 is 0 Å². The summed E-state index contributed by atoms with van der Waals surface area (Å²) in [6, 6.07) is 6.51. The Kier molecular flexibility index (Phi) is 2.99. The first kappa shape index (κ1) is 13.8. The highest BCUT2D eigenvalue weighted by Gasteiger charge is 2.66. The molecule has 1 saturated heterocycles. The van der Waals surface area contributed by atoms with Crippen LogP contribution in [-0.2, 0) is 9.59 Å². The molecule has 4 nitrogen and oxygen atoms in total. The van der Waals surface area contributed by atoms with Crippen LogP contribution in [0.5, 0.6) is 5.75 Å². The number of alkyl halides is 2. The van der Waals surface area contributed by atoms with E-state index >= 15 is 0 Å². The van der Waals surface area contributed by atoms with Gasteiger partial charge in [0.1, 0.15) is 5.75 Å². The van der Waals surface area contributed by atoms with Gasteiger partial charge in [-0.25, -0.2) is 4.90 Å². The number of phenolic OH excluding ortho intramolecular Hbond substituents is 1. The second kappa shape index (κ2) is 4.56. The summed E-state index contributed by atoms with van der Waals surface area (Å²) in [6.07, 6.45) is 0.910. The third-order valence-corrected chi connectivity index (χ3v) is 8.32. The lowest BCUT2D eigenvalue weighted by molar-refractivity contribution is -0.123. The highest BCUT2D eigenvalue weighted by atomic mass is 79.9. The lowest BCUT2D eigenvalue weighted by Crippen LogP contribution is -2.37. The minimum atomic E-state index is -0.250. The monoisotopic (exact) mass is 413 g/mol. The average molecular weight is 415 g/mol. The zero-order valence-corrected chi connectivity index (χ0v) is 14.1. The Morgan fingerprint density at radius 2 is 1.52 bits per heavy atom. The standard InChI is InChI=1S/C15H13Br2NO3/c16-12-6-5-7(13(12)17)11-10(6)14(20)18(15(11)21)8-3-1-2-4-9(8)19/h1-4,6-7,10-13,19H,5H2/t6-,7+,10+,11-,12+,13-. The second-order valence-corrected chi connectivity index (χ2v) is 8.12. The van der Waals surface area contributed by atoms with Crippen LogP contribution in [0.2, 0.25) is 0 Å². The number of fused-ring (bicyclic) bond motifs is 5. The van der Waals surface area contributed by atoms with Crippen LogP contribution < -0.4 is 4.90 Å². The summed E-state index contributed by atoms with van der Waals surface area (Å²) in [6.45, 7) is 0. The Bertz CT molecular complexity index is 618. The molecule has 1 heterocycles. The molecule has 0 aromatic heterocycles. The number of carbonyl (C=O) groups excluding carboxylic acids is 2. The number of rotatable bonds is 1. The van der Waals surface area contributed by atoms with E-state index in [1.807, 2.05) is 0 Å². The van der Waals surface area contributed by atoms with E-state index in [1.54, 1.807) is 18.2 Å². The Morgan fingerprint density at radius 3 is 2.05 bits per heavy atom. The fourth-order valence-electron chi connectivity index (χ4n) is 4.24. The molecule has 21 heavy (non-hydrogen) atoms. The van der Waals surface area contributed by atoms with Crippen molar-refractivity contribution in [2.75, 3.05) is 4.90 Å². The van der Waals surface area contributed by atoms with Gasteiger partial charge in [-0.2, -0.15) is 0 Å². The second-order valence-electron chi connectivity index (χ2n) is 6.00. The summed E-state index contributed by atoms with van der Waals surface area (Å²) < 4.78 is 0. The van der Waals surface area contributed by atoms with Crippen LogP contribution >= 0.6 is 31.9 Å². The SMILES string of the molecule is O=C1[C@@H]2[C@@H]3C[C@@H]([C@H](Br)[C@@H]3Br)[C@@H]2C(=O)N1c1ccccc1O. The van der Waals surface area contributed by atoms with Gasteiger partial charge in [0.25, 0.3) is 0 Å². The van der Waals surface area contributed by atoms with Gasteiger partial charge in [0.2, 0.25) is 11.8 Å². The van der Waals surface area contributed by atoms with E-state index in [4.69, 9.17) is 0 Å². The summed E-state index contributed by atoms with van der Waals surface area (Å²) >= 11 is 7.31. The zero-order chi connectivity index (χ0) is 14.9. The molecule has 110 valence electrons. The van der Waals surface area contributed by atoms with Gasteiger partial charge in [-0.15, -0.1) is 0 Å². The first-order valence-electron chi connectivity index (χ1n) is 6.96. The van der Waals surface area contributed by atoms with Gasteiger partial charge in [0.05, 0.1) is 17.5 Å². The van der Waals surface area contributed by atoms with Gasteiger partial charge in [-0.3, -0.25) is 9.59 Å². The van der Waals surface area contributed by atoms with Crippen LogP contribution in [0.15, 0.2) is 24.3 Å². The number of halogens is 2. The maximum absolute atomic E-state index is 12.7. The van der Waals surface area contributed by atoms with Crippen molar-refractivity contribution < 1.29 is 14.7 Å². The van der Waals surface area contributed by atoms with Crippen molar-refractivity contribution in [3.05, 3.63) is 24.3 Å². The van der Waals surface area contributed by atoms with Gasteiger partial charge in [-0.1, -0.05) is 44.0 Å². The number of benzene rings is 1. The lowest BCUT2D eigenvalue weighted by Gasteiger charge is -2.28. The van der Waals surface area contributed by atoms with Gasteiger partial charge < -0.3 is 5.11 Å². The predicted molar refractivity (Wildman–Crippen MR) is 84.6 cm³/mol. The molecule has 6 atom stereocenters. The topological polar surface area (TPSA) is 57.6 Å². The lowest BCUT2D eigenvalue weighted by atomic mass is 9.81. The molecule has 3 aliphatic rings. The molecule has 6 heteroatoms. The molecule has 2 saturated carbocycles. The summed E-state index contributed by atoms with van der Waals surface area (Å²) in [5.74, 6) is -0.475. The Hall–Kier alpha value is -0.880. The minimum Gasteiger partial charge on any atom is -0.506 e. The Balaban J connectivity index is 1.77. The molecule has 2 amide bonds. The van der Waals surface area contributed by atoms with E-state index in [-0.39, 0.29) is 50.9 Å². The minimum absolute atomic E-state index is 0.0303. The molecule has 2 bridgehead atoms. The van der Waals surface area contributed by atoms with Crippen molar-refractivity contribution in [1.82, 2.24) is 0 Å². The van der Waals surface area contributed by atoms with E-state index in [0.29, 0.717) is 5.69 Å². The highest BCUT2D eigenvalue weighted by Crippen LogP contribution is 2.60. The fourth-order valence-corrected chi connectivity index (χ4v) is 6.11. The molecule has 1 aliphatic heterocycles. The summed E-state index contributed by atoms with van der Waals surface area (Å²) in [4.78, 5) is 27.1. The number of imide groups is 1. The van der Waals surface area contributed by atoms with Crippen LogP contribution in [0.4, 0.5) is 5.69 Å².